The van der Waals surface area contributed by atoms with E-state index in [-0.39, 0.29) is 12.4 Å². The van der Waals surface area contributed by atoms with Gasteiger partial charge in [0.15, 0.2) is 0 Å². The van der Waals surface area contributed by atoms with E-state index in [2.05, 4.69) is 36.3 Å². The minimum absolute atomic E-state index is 0. The summed E-state index contributed by atoms with van der Waals surface area (Å²) in [6.07, 6.45) is 2.67. The first kappa shape index (κ1) is 17.3. The molecule has 0 bridgehead atoms. The molecular formula is C16H27ClN2O. The fourth-order valence-corrected chi connectivity index (χ4v) is 2.64. The van der Waals surface area contributed by atoms with Crippen LogP contribution in [0.4, 0.5) is 0 Å². The summed E-state index contributed by atoms with van der Waals surface area (Å²) in [5.41, 5.74) is 1.25. The number of nitrogens with one attached hydrogen (secondary N) is 1. The summed E-state index contributed by atoms with van der Waals surface area (Å²) in [4.78, 5) is 2.38. The van der Waals surface area contributed by atoms with Crippen LogP contribution in [0.1, 0.15) is 18.4 Å². The molecule has 2 rings (SSSR count). The van der Waals surface area contributed by atoms with Crippen molar-refractivity contribution in [2.24, 2.45) is 5.92 Å². The molecule has 1 aromatic carbocycles. The van der Waals surface area contributed by atoms with Crippen molar-refractivity contribution in [3.63, 3.8) is 0 Å². The van der Waals surface area contributed by atoms with Crippen LogP contribution in [-0.4, -0.2) is 44.7 Å². The molecule has 1 aliphatic heterocycles. The van der Waals surface area contributed by atoms with Crippen LogP contribution in [0.2, 0.25) is 0 Å². The summed E-state index contributed by atoms with van der Waals surface area (Å²) in [7, 11) is 2.19. The SMILES string of the molecule is Cc1cccc(OCCN(C)CC2CCCNC2)c1.Cl. The Morgan fingerprint density at radius 3 is 2.95 bits per heavy atom. The summed E-state index contributed by atoms with van der Waals surface area (Å²) in [6.45, 7) is 7.38. The molecule has 1 unspecified atom stereocenters. The molecule has 20 heavy (non-hydrogen) atoms. The van der Waals surface area contributed by atoms with Crippen molar-refractivity contribution in [2.75, 3.05) is 39.8 Å². The Kier molecular flexibility index (Phi) is 7.97. The number of halogens is 1. The quantitative estimate of drug-likeness (QED) is 0.874. The van der Waals surface area contributed by atoms with Crippen molar-refractivity contribution in [1.29, 1.82) is 0 Å². The average molecular weight is 299 g/mol. The van der Waals surface area contributed by atoms with Gasteiger partial charge in [0.25, 0.3) is 0 Å². The molecule has 0 aromatic heterocycles. The molecule has 0 saturated carbocycles. The van der Waals surface area contributed by atoms with Crippen LogP contribution in [0.5, 0.6) is 5.75 Å². The molecule has 0 aliphatic carbocycles. The van der Waals surface area contributed by atoms with Gasteiger partial charge in [-0.15, -0.1) is 12.4 Å². The zero-order valence-corrected chi connectivity index (χ0v) is 13.4. The minimum Gasteiger partial charge on any atom is -0.492 e. The van der Waals surface area contributed by atoms with Gasteiger partial charge in [0.1, 0.15) is 12.4 Å². The van der Waals surface area contributed by atoms with Crippen LogP contribution in [0.15, 0.2) is 24.3 Å². The van der Waals surface area contributed by atoms with E-state index in [1.165, 1.54) is 38.0 Å². The first-order valence-corrected chi connectivity index (χ1v) is 7.33. The number of piperidine rings is 1. The standard InChI is InChI=1S/C16H26N2O.ClH/c1-14-5-3-7-16(11-14)19-10-9-18(2)13-15-6-4-8-17-12-15;/h3,5,7,11,15,17H,4,6,8-10,12-13H2,1-2H3;1H. The van der Waals surface area contributed by atoms with E-state index in [0.717, 1.165) is 24.8 Å². The zero-order chi connectivity index (χ0) is 13.5. The topological polar surface area (TPSA) is 24.5 Å². The van der Waals surface area contributed by atoms with Gasteiger partial charge in [-0.25, -0.2) is 0 Å². The van der Waals surface area contributed by atoms with Crippen molar-refractivity contribution in [2.45, 2.75) is 19.8 Å². The number of rotatable bonds is 6. The van der Waals surface area contributed by atoms with Crippen molar-refractivity contribution in [3.8, 4) is 5.75 Å². The highest BCUT2D eigenvalue weighted by Crippen LogP contribution is 2.13. The van der Waals surface area contributed by atoms with E-state index >= 15 is 0 Å². The first-order chi connectivity index (χ1) is 9.24. The third-order valence-electron chi connectivity index (χ3n) is 3.70. The summed E-state index contributed by atoms with van der Waals surface area (Å²) < 4.78 is 5.79. The van der Waals surface area contributed by atoms with Gasteiger partial charge in [0.2, 0.25) is 0 Å². The van der Waals surface area contributed by atoms with Gasteiger partial charge in [-0.3, -0.25) is 0 Å². The lowest BCUT2D eigenvalue weighted by Gasteiger charge is -2.27. The fraction of sp³-hybridized carbons (Fsp3) is 0.625. The van der Waals surface area contributed by atoms with E-state index in [1.807, 2.05) is 12.1 Å². The Labute approximate surface area is 129 Å². The van der Waals surface area contributed by atoms with Gasteiger partial charge in [0, 0.05) is 13.1 Å². The fourth-order valence-electron chi connectivity index (χ4n) is 2.64. The molecule has 1 saturated heterocycles. The minimum atomic E-state index is 0. The molecule has 1 N–H and O–H groups in total. The monoisotopic (exact) mass is 298 g/mol. The Bertz CT molecular complexity index is 380. The van der Waals surface area contributed by atoms with Gasteiger partial charge < -0.3 is 15.0 Å². The van der Waals surface area contributed by atoms with Crippen molar-refractivity contribution < 1.29 is 4.74 Å². The highest BCUT2D eigenvalue weighted by Gasteiger charge is 2.14. The van der Waals surface area contributed by atoms with Crippen LogP contribution in [0.3, 0.4) is 0 Å². The van der Waals surface area contributed by atoms with E-state index in [0.29, 0.717) is 0 Å². The van der Waals surface area contributed by atoms with Crippen molar-refractivity contribution in [3.05, 3.63) is 29.8 Å². The number of hydrogen-bond acceptors (Lipinski definition) is 3. The van der Waals surface area contributed by atoms with Gasteiger partial charge >= 0.3 is 0 Å². The van der Waals surface area contributed by atoms with E-state index in [4.69, 9.17) is 4.74 Å². The molecule has 4 heteroatoms. The number of aryl methyl sites for hydroxylation is 1. The molecule has 1 aliphatic rings. The third-order valence-corrected chi connectivity index (χ3v) is 3.70. The Balaban J connectivity index is 0.00000200. The molecule has 1 heterocycles. The van der Waals surface area contributed by atoms with Crippen LogP contribution < -0.4 is 10.1 Å². The van der Waals surface area contributed by atoms with Crippen LogP contribution in [0, 0.1) is 12.8 Å². The van der Waals surface area contributed by atoms with Crippen LogP contribution in [0.25, 0.3) is 0 Å². The zero-order valence-electron chi connectivity index (χ0n) is 12.6. The molecule has 0 spiro atoms. The molecule has 1 atom stereocenters. The van der Waals surface area contributed by atoms with Crippen molar-refractivity contribution >= 4 is 12.4 Å². The van der Waals surface area contributed by atoms with Gasteiger partial charge in [-0.2, -0.15) is 0 Å². The molecule has 1 aromatic rings. The molecule has 0 amide bonds. The largest absolute Gasteiger partial charge is 0.492 e. The molecule has 114 valence electrons. The van der Waals surface area contributed by atoms with Gasteiger partial charge in [0.05, 0.1) is 0 Å². The molecular weight excluding hydrogens is 272 g/mol. The number of benzene rings is 1. The lowest BCUT2D eigenvalue weighted by atomic mass is 9.99. The second-order valence-corrected chi connectivity index (χ2v) is 5.64. The molecule has 0 radical (unpaired) electrons. The summed E-state index contributed by atoms with van der Waals surface area (Å²) in [5, 5.41) is 3.47. The van der Waals surface area contributed by atoms with E-state index < -0.39 is 0 Å². The number of likely N-dealkylation sites (N-methyl/N-ethyl adjacent to an activating group) is 1. The maximum atomic E-state index is 5.79. The first-order valence-electron chi connectivity index (χ1n) is 7.33. The Morgan fingerprint density at radius 2 is 2.25 bits per heavy atom. The second-order valence-electron chi connectivity index (χ2n) is 5.64. The van der Waals surface area contributed by atoms with Crippen LogP contribution >= 0.6 is 12.4 Å². The maximum Gasteiger partial charge on any atom is 0.119 e. The third kappa shape index (κ3) is 6.12. The summed E-state index contributed by atoms with van der Waals surface area (Å²) in [5.74, 6) is 1.78. The number of hydrogen-bond donors (Lipinski definition) is 1. The smallest absolute Gasteiger partial charge is 0.119 e. The predicted octanol–water partition coefficient (Wildman–Crippen LogP) is 2.73. The van der Waals surface area contributed by atoms with E-state index in [9.17, 15) is 0 Å². The molecule has 3 nitrogen and oxygen atoms in total. The number of ether oxygens (including phenoxy) is 1. The van der Waals surface area contributed by atoms with Gasteiger partial charge in [-0.1, -0.05) is 12.1 Å². The number of nitrogens with zero attached hydrogens (tertiary/aromatic N) is 1. The second kappa shape index (κ2) is 9.22. The summed E-state index contributed by atoms with van der Waals surface area (Å²) >= 11 is 0. The highest BCUT2D eigenvalue weighted by atomic mass is 35.5. The molecule has 1 fully saturated rings. The Hall–Kier alpha value is -0.770. The maximum absolute atomic E-state index is 5.79. The summed E-state index contributed by atoms with van der Waals surface area (Å²) in [6, 6.07) is 8.25. The average Bonchev–Trinajstić information content (AvgIpc) is 2.40. The van der Waals surface area contributed by atoms with Crippen LogP contribution in [-0.2, 0) is 0 Å². The highest BCUT2D eigenvalue weighted by molar-refractivity contribution is 5.85. The van der Waals surface area contributed by atoms with E-state index in [1.54, 1.807) is 0 Å². The lowest BCUT2D eigenvalue weighted by molar-refractivity contribution is 0.201. The Morgan fingerprint density at radius 1 is 1.40 bits per heavy atom. The normalized spacial score (nSPS) is 18.6. The van der Waals surface area contributed by atoms with Crippen molar-refractivity contribution in [1.82, 2.24) is 10.2 Å². The van der Waals surface area contributed by atoms with Gasteiger partial charge in [-0.05, 0) is 63.5 Å². The predicted molar refractivity (Wildman–Crippen MR) is 87.0 cm³/mol. The lowest BCUT2D eigenvalue weighted by Crippen LogP contribution is -2.38.